The first kappa shape index (κ1) is 22.6. The predicted octanol–water partition coefficient (Wildman–Crippen LogP) is 3.12. The second-order valence-corrected chi connectivity index (χ2v) is 8.41. The number of furan rings is 1. The molecule has 3 N–H and O–H groups in total. The number of nitrogens with one attached hydrogen (secondary N) is 3. The van der Waals surface area contributed by atoms with Gasteiger partial charge in [0.05, 0.1) is 10.6 Å². The maximum atomic E-state index is 12.2. The van der Waals surface area contributed by atoms with Crippen molar-refractivity contribution in [2.24, 2.45) is 0 Å². The number of rotatable bonds is 10. The van der Waals surface area contributed by atoms with Crippen LogP contribution in [0.4, 0.5) is 5.69 Å². The molecule has 158 valence electrons. The van der Waals surface area contributed by atoms with Gasteiger partial charge in [0.15, 0.2) is 0 Å². The van der Waals surface area contributed by atoms with Gasteiger partial charge < -0.3 is 15.1 Å². The van der Waals surface area contributed by atoms with Crippen molar-refractivity contribution in [2.75, 3.05) is 19.4 Å². The van der Waals surface area contributed by atoms with Crippen LogP contribution < -0.4 is 15.4 Å². The number of hydrogen-bond donors (Lipinski definition) is 3. The maximum absolute atomic E-state index is 12.2. The Kier molecular flexibility index (Phi) is 7.98. The standard InChI is InChI=1S/C20H27N3O5S/c1-4-5-6-7-11-18(24)23-16-13-17(28-19(16)20(25)21-2)14-9-8-10-15(12-14)29(26,27)22-3/h8-10,12-13,22H,4-7,11H2,1-3H3,(H,21,25)(H,23,24). The topological polar surface area (TPSA) is 118 Å². The van der Waals surface area contributed by atoms with Crippen LogP contribution in [0.25, 0.3) is 11.3 Å². The number of carbonyl (C=O) groups excluding carboxylic acids is 2. The van der Waals surface area contributed by atoms with Crippen molar-refractivity contribution < 1.29 is 22.4 Å². The van der Waals surface area contributed by atoms with E-state index in [0.29, 0.717) is 12.0 Å². The molecule has 0 unspecified atom stereocenters. The third kappa shape index (κ3) is 5.91. The minimum atomic E-state index is -3.63. The maximum Gasteiger partial charge on any atom is 0.288 e. The van der Waals surface area contributed by atoms with Crippen molar-refractivity contribution in [3.05, 3.63) is 36.1 Å². The van der Waals surface area contributed by atoms with Gasteiger partial charge in [-0.2, -0.15) is 0 Å². The van der Waals surface area contributed by atoms with Gasteiger partial charge in [-0.05, 0) is 25.6 Å². The average molecular weight is 422 g/mol. The second-order valence-electron chi connectivity index (χ2n) is 6.53. The summed E-state index contributed by atoms with van der Waals surface area (Å²) in [6.45, 7) is 2.10. The van der Waals surface area contributed by atoms with Gasteiger partial charge in [0.2, 0.25) is 21.7 Å². The van der Waals surface area contributed by atoms with E-state index in [0.717, 1.165) is 25.7 Å². The normalized spacial score (nSPS) is 11.3. The number of sulfonamides is 1. The Morgan fingerprint density at radius 3 is 2.48 bits per heavy atom. The van der Waals surface area contributed by atoms with Crippen LogP contribution in [-0.2, 0) is 14.8 Å². The molecule has 0 saturated heterocycles. The van der Waals surface area contributed by atoms with E-state index in [9.17, 15) is 18.0 Å². The molecule has 0 saturated carbocycles. The molecule has 1 aromatic heterocycles. The third-order valence-electron chi connectivity index (χ3n) is 4.39. The molecule has 9 heteroatoms. The number of hydrogen-bond acceptors (Lipinski definition) is 5. The summed E-state index contributed by atoms with van der Waals surface area (Å²) in [7, 11) is -0.842. The summed E-state index contributed by atoms with van der Waals surface area (Å²) in [6.07, 6.45) is 4.23. The van der Waals surface area contributed by atoms with Gasteiger partial charge >= 0.3 is 0 Å². The van der Waals surface area contributed by atoms with Gasteiger partial charge in [0, 0.05) is 25.1 Å². The fourth-order valence-electron chi connectivity index (χ4n) is 2.77. The van der Waals surface area contributed by atoms with Crippen molar-refractivity contribution in [1.82, 2.24) is 10.0 Å². The Balaban J connectivity index is 2.30. The molecular weight excluding hydrogens is 394 g/mol. The van der Waals surface area contributed by atoms with Crippen molar-refractivity contribution in [3.8, 4) is 11.3 Å². The lowest BCUT2D eigenvalue weighted by Crippen LogP contribution is -2.20. The molecule has 1 aromatic carbocycles. The second kappa shape index (κ2) is 10.2. The molecular formula is C20H27N3O5S. The van der Waals surface area contributed by atoms with E-state index in [1.807, 2.05) is 0 Å². The van der Waals surface area contributed by atoms with E-state index in [2.05, 4.69) is 22.3 Å². The van der Waals surface area contributed by atoms with Crippen LogP contribution in [0.2, 0.25) is 0 Å². The lowest BCUT2D eigenvalue weighted by molar-refractivity contribution is -0.116. The first-order chi connectivity index (χ1) is 13.8. The minimum absolute atomic E-state index is 0.0358. The van der Waals surface area contributed by atoms with Crippen LogP contribution in [0.15, 0.2) is 39.6 Å². The van der Waals surface area contributed by atoms with Gasteiger partial charge in [0.1, 0.15) is 5.76 Å². The number of amides is 2. The van der Waals surface area contributed by atoms with Crippen LogP contribution >= 0.6 is 0 Å². The summed E-state index contributed by atoms with van der Waals surface area (Å²) in [6, 6.07) is 7.66. The van der Waals surface area contributed by atoms with Crippen LogP contribution in [0.5, 0.6) is 0 Å². The Morgan fingerprint density at radius 1 is 1.07 bits per heavy atom. The SMILES string of the molecule is CCCCCCC(=O)Nc1cc(-c2cccc(S(=O)(=O)NC)c2)oc1C(=O)NC. The van der Waals surface area contributed by atoms with Crippen LogP contribution in [-0.4, -0.2) is 34.3 Å². The summed E-state index contributed by atoms with van der Waals surface area (Å²) in [5, 5.41) is 5.20. The summed E-state index contributed by atoms with van der Waals surface area (Å²) in [5.41, 5.74) is 0.719. The molecule has 1 heterocycles. The monoisotopic (exact) mass is 421 g/mol. The van der Waals surface area contributed by atoms with Crippen molar-refractivity contribution in [3.63, 3.8) is 0 Å². The molecule has 8 nitrogen and oxygen atoms in total. The Hall–Kier alpha value is -2.65. The fraction of sp³-hybridized carbons (Fsp3) is 0.400. The van der Waals surface area contributed by atoms with E-state index >= 15 is 0 Å². The molecule has 0 bridgehead atoms. The van der Waals surface area contributed by atoms with E-state index < -0.39 is 15.9 Å². The number of benzene rings is 1. The summed E-state index contributed by atoms with van der Waals surface area (Å²) in [4.78, 5) is 24.5. The van der Waals surface area contributed by atoms with Crippen LogP contribution in [0.1, 0.15) is 49.6 Å². The first-order valence-electron chi connectivity index (χ1n) is 9.52. The zero-order valence-electron chi connectivity index (χ0n) is 16.9. The molecule has 29 heavy (non-hydrogen) atoms. The molecule has 2 aromatic rings. The molecule has 0 aliphatic rings. The molecule has 0 radical (unpaired) electrons. The number of carbonyl (C=O) groups is 2. The van der Waals surface area contributed by atoms with Gasteiger partial charge in [-0.3, -0.25) is 9.59 Å². The van der Waals surface area contributed by atoms with Gasteiger partial charge in [-0.25, -0.2) is 13.1 Å². The summed E-state index contributed by atoms with van der Waals surface area (Å²) < 4.78 is 32.0. The van der Waals surface area contributed by atoms with Crippen molar-refractivity contribution in [2.45, 2.75) is 43.9 Å². The minimum Gasteiger partial charge on any atom is -0.449 e. The van der Waals surface area contributed by atoms with E-state index in [1.54, 1.807) is 12.1 Å². The zero-order valence-corrected chi connectivity index (χ0v) is 17.7. The molecule has 0 aliphatic carbocycles. The number of unbranched alkanes of at least 4 members (excludes halogenated alkanes) is 3. The molecule has 0 spiro atoms. The third-order valence-corrected chi connectivity index (χ3v) is 5.81. The zero-order chi connectivity index (χ0) is 21.4. The van der Waals surface area contributed by atoms with Gasteiger partial charge in [-0.1, -0.05) is 38.3 Å². The quantitative estimate of drug-likeness (QED) is 0.510. The van der Waals surface area contributed by atoms with E-state index in [1.165, 1.54) is 32.3 Å². The largest absolute Gasteiger partial charge is 0.449 e. The summed E-state index contributed by atoms with van der Waals surface area (Å²) >= 11 is 0. The Morgan fingerprint density at radius 2 is 1.83 bits per heavy atom. The number of anilines is 1. The molecule has 2 rings (SSSR count). The first-order valence-corrected chi connectivity index (χ1v) is 11.0. The van der Waals surface area contributed by atoms with Gasteiger partial charge in [-0.15, -0.1) is 0 Å². The lowest BCUT2D eigenvalue weighted by Gasteiger charge is -2.04. The van der Waals surface area contributed by atoms with Crippen LogP contribution in [0, 0.1) is 0 Å². The smallest absolute Gasteiger partial charge is 0.288 e. The Bertz CT molecular complexity index is 966. The van der Waals surface area contributed by atoms with Gasteiger partial charge in [0.25, 0.3) is 5.91 Å². The lowest BCUT2D eigenvalue weighted by atomic mass is 10.1. The fourth-order valence-corrected chi connectivity index (χ4v) is 3.54. The molecule has 0 fully saturated rings. The summed E-state index contributed by atoms with van der Waals surface area (Å²) in [5.74, 6) is -0.453. The highest BCUT2D eigenvalue weighted by Gasteiger charge is 2.21. The van der Waals surface area contributed by atoms with Crippen molar-refractivity contribution >= 4 is 27.5 Å². The molecule has 0 aliphatic heterocycles. The Labute approximate surface area is 171 Å². The molecule has 2 amide bonds. The molecule has 0 atom stereocenters. The van der Waals surface area contributed by atoms with E-state index in [4.69, 9.17) is 4.42 Å². The predicted molar refractivity (Wildman–Crippen MR) is 111 cm³/mol. The van der Waals surface area contributed by atoms with E-state index in [-0.39, 0.29) is 28.0 Å². The highest BCUT2D eigenvalue weighted by atomic mass is 32.2. The highest BCUT2D eigenvalue weighted by molar-refractivity contribution is 7.89. The average Bonchev–Trinajstić information content (AvgIpc) is 3.14. The van der Waals surface area contributed by atoms with Crippen LogP contribution in [0.3, 0.4) is 0 Å². The van der Waals surface area contributed by atoms with Crippen molar-refractivity contribution in [1.29, 1.82) is 0 Å². The highest BCUT2D eigenvalue weighted by Crippen LogP contribution is 2.30.